The second-order valence-electron chi connectivity index (χ2n) is 3.48. The van der Waals surface area contributed by atoms with Crippen molar-refractivity contribution in [2.24, 2.45) is 0 Å². The van der Waals surface area contributed by atoms with E-state index in [9.17, 15) is 13.2 Å². The molecule has 1 aromatic carbocycles. The Balaban J connectivity index is 2.36. The van der Waals surface area contributed by atoms with Gasteiger partial charge in [0.1, 0.15) is 0 Å². The maximum Gasteiger partial charge on any atom is 0.416 e. The minimum atomic E-state index is -4.28. The molecule has 0 fully saturated rings. The third kappa shape index (κ3) is 2.27. The van der Waals surface area contributed by atoms with Crippen LogP contribution < -0.4 is 5.32 Å². The number of dihydropyridines is 1. The molecule has 1 aromatic rings. The van der Waals surface area contributed by atoms with Gasteiger partial charge in [0.2, 0.25) is 0 Å². The van der Waals surface area contributed by atoms with E-state index in [1.807, 2.05) is 6.08 Å². The lowest BCUT2D eigenvalue weighted by Gasteiger charge is -2.11. The van der Waals surface area contributed by atoms with Crippen molar-refractivity contribution in [1.29, 1.82) is 0 Å². The first-order valence-corrected chi connectivity index (χ1v) is 4.85. The second-order valence-corrected chi connectivity index (χ2v) is 3.48. The largest absolute Gasteiger partial charge is 0.416 e. The molecular weight excluding hydrogens is 215 g/mol. The summed E-state index contributed by atoms with van der Waals surface area (Å²) in [7, 11) is 0. The molecule has 1 nitrogen and oxygen atoms in total. The number of hydrogen-bond donors (Lipinski definition) is 1. The molecule has 1 N–H and O–H groups in total. The predicted octanol–water partition coefficient (Wildman–Crippen LogP) is 3.21. The topological polar surface area (TPSA) is 12.0 Å². The molecule has 0 aliphatic carbocycles. The Morgan fingerprint density at radius 2 is 2.00 bits per heavy atom. The number of nitrogens with one attached hydrogen (secondary N) is 1. The average molecular weight is 225 g/mol. The lowest BCUT2D eigenvalue weighted by molar-refractivity contribution is -0.137. The van der Waals surface area contributed by atoms with Crippen LogP contribution in [-0.4, -0.2) is 6.54 Å². The molecule has 0 amide bonds. The van der Waals surface area contributed by atoms with Gasteiger partial charge < -0.3 is 5.32 Å². The Labute approximate surface area is 91.3 Å². The summed E-state index contributed by atoms with van der Waals surface area (Å²) < 4.78 is 37.5. The van der Waals surface area contributed by atoms with E-state index >= 15 is 0 Å². The minimum Gasteiger partial charge on any atom is -0.387 e. The number of alkyl halides is 3. The van der Waals surface area contributed by atoms with Crippen molar-refractivity contribution in [3.8, 4) is 0 Å². The summed E-state index contributed by atoms with van der Waals surface area (Å²) in [5, 5.41) is 2.95. The van der Waals surface area contributed by atoms with Gasteiger partial charge in [-0.25, -0.2) is 0 Å². The molecule has 4 heteroatoms. The normalized spacial score (nSPS) is 15.6. The highest BCUT2D eigenvalue weighted by Crippen LogP contribution is 2.31. The summed E-state index contributed by atoms with van der Waals surface area (Å²) in [5.74, 6) is 0. The Kier molecular flexibility index (Phi) is 2.73. The third-order valence-electron chi connectivity index (χ3n) is 2.34. The molecule has 1 heterocycles. The van der Waals surface area contributed by atoms with E-state index in [1.165, 1.54) is 12.1 Å². The summed E-state index contributed by atoms with van der Waals surface area (Å²) in [5.41, 5.74) is 0.787. The molecule has 0 saturated heterocycles. The van der Waals surface area contributed by atoms with Crippen LogP contribution in [0.3, 0.4) is 0 Å². The SMILES string of the molecule is FC(F)(F)c1cccc(C2=CCNC=C2)c1. The van der Waals surface area contributed by atoms with Crippen molar-refractivity contribution in [3.63, 3.8) is 0 Å². The van der Waals surface area contributed by atoms with E-state index in [2.05, 4.69) is 5.32 Å². The summed E-state index contributed by atoms with van der Waals surface area (Å²) in [4.78, 5) is 0. The van der Waals surface area contributed by atoms with Crippen LogP contribution in [0.4, 0.5) is 13.2 Å². The van der Waals surface area contributed by atoms with Gasteiger partial charge in [0.15, 0.2) is 0 Å². The molecular formula is C12H10F3N. The van der Waals surface area contributed by atoms with Crippen molar-refractivity contribution >= 4 is 5.57 Å². The molecule has 16 heavy (non-hydrogen) atoms. The number of hydrogen-bond acceptors (Lipinski definition) is 1. The fourth-order valence-electron chi connectivity index (χ4n) is 1.54. The van der Waals surface area contributed by atoms with Crippen molar-refractivity contribution in [1.82, 2.24) is 5.32 Å². The zero-order chi connectivity index (χ0) is 11.6. The Morgan fingerprint density at radius 1 is 1.19 bits per heavy atom. The van der Waals surface area contributed by atoms with Gasteiger partial charge in [-0.1, -0.05) is 18.2 Å². The van der Waals surface area contributed by atoms with E-state index in [0.717, 1.165) is 11.6 Å². The fourth-order valence-corrected chi connectivity index (χ4v) is 1.54. The van der Waals surface area contributed by atoms with Crippen molar-refractivity contribution in [3.05, 3.63) is 53.7 Å². The Bertz CT molecular complexity index is 444. The van der Waals surface area contributed by atoms with Gasteiger partial charge in [-0.15, -0.1) is 0 Å². The Morgan fingerprint density at radius 3 is 2.62 bits per heavy atom. The molecule has 0 aromatic heterocycles. The lowest BCUT2D eigenvalue weighted by atomic mass is 10.0. The first-order valence-electron chi connectivity index (χ1n) is 4.85. The maximum absolute atomic E-state index is 12.5. The van der Waals surface area contributed by atoms with Crippen molar-refractivity contribution in [2.75, 3.05) is 6.54 Å². The van der Waals surface area contributed by atoms with E-state index in [-0.39, 0.29) is 0 Å². The molecule has 0 bridgehead atoms. The van der Waals surface area contributed by atoms with Crippen LogP contribution in [0, 0.1) is 0 Å². The van der Waals surface area contributed by atoms with Gasteiger partial charge in [-0.2, -0.15) is 13.2 Å². The quantitative estimate of drug-likeness (QED) is 0.773. The summed E-state index contributed by atoms with van der Waals surface area (Å²) in [6.07, 6.45) is 1.07. The number of rotatable bonds is 1. The number of allylic oxidation sites excluding steroid dienone is 2. The zero-order valence-corrected chi connectivity index (χ0v) is 8.38. The number of halogens is 3. The first kappa shape index (κ1) is 10.8. The lowest BCUT2D eigenvalue weighted by Crippen LogP contribution is -2.09. The van der Waals surface area contributed by atoms with Crippen LogP contribution in [-0.2, 0) is 6.18 Å². The van der Waals surface area contributed by atoms with E-state index in [4.69, 9.17) is 0 Å². The number of benzene rings is 1. The standard InChI is InChI=1S/C12H10F3N/c13-12(14,15)11-3-1-2-10(8-11)9-4-6-16-7-5-9/h1-6,8,16H,7H2. The smallest absolute Gasteiger partial charge is 0.387 e. The van der Waals surface area contributed by atoms with Crippen LogP contribution in [0.25, 0.3) is 5.57 Å². The summed E-state index contributed by atoms with van der Waals surface area (Å²) >= 11 is 0. The highest BCUT2D eigenvalue weighted by molar-refractivity contribution is 5.75. The monoisotopic (exact) mass is 225 g/mol. The molecule has 0 spiro atoms. The van der Waals surface area contributed by atoms with E-state index < -0.39 is 11.7 Å². The van der Waals surface area contributed by atoms with Gasteiger partial charge in [0, 0.05) is 6.54 Å². The predicted molar refractivity (Wildman–Crippen MR) is 56.6 cm³/mol. The fraction of sp³-hybridized carbons (Fsp3) is 0.167. The molecule has 0 radical (unpaired) electrons. The van der Waals surface area contributed by atoms with Crippen LogP contribution in [0.2, 0.25) is 0 Å². The van der Waals surface area contributed by atoms with Gasteiger partial charge >= 0.3 is 6.18 Å². The zero-order valence-electron chi connectivity index (χ0n) is 8.38. The maximum atomic E-state index is 12.5. The molecule has 0 saturated carbocycles. The molecule has 0 unspecified atom stereocenters. The van der Waals surface area contributed by atoms with E-state index in [0.29, 0.717) is 12.1 Å². The summed E-state index contributed by atoms with van der Waals surface area (Å²) in [6, 6.07) is 5.35. The first-order chi connectivity index (χ1) is 7.57. The van der Waals surface area contributed by atoms with E-state index in [1.54, 1.807) is 18.3 Å². The molecule has 84 valence electrons. The van der Waals surface area contributed by atoms with Crippen molar-refractivity contribution in [2.45, 2.75) is 6.18 Å². The van der Waals surface area contributed by atoms with Crippen LogP contribution in [0.15, 0.2) is 42.6 Å². The molecule has 2 rings (SSSR count). The second kappa shape index (κ2) is 4.04. The van der Waals surface area contributed by atoms with Crippen LogP contribution >= 0.6 is 0 Å². The molecule has 1 aliphatic heterocycles. The van der Waals surface area contributed by atoms with Crippen LogP contribution in [0.5, 0.6) is 0 Å². The Hall–Kier alpha value is -1.71. The molecule has 0 atom stereocenters. The van der Waals surface area contributed by atoms with Gasteiger partial charge in [-0.3, -0.25) is 0 Å². The van der Waals surface area contributed by atoms with Crippen LogP contribution in [0.1, 0.15) is 11.1 Å². The average Bonchev–Trinajstić information content (AvgIpc) is 2.29. The summed E-state index contributed by atoms with van der Waals surface area (Å²) in [6.45, 7) is 0.641. The minimum absolute atomic E-state index is 0.590. The highest BCUT2D eigenvalue weighted by Gasteiger charge is 2.30. The third-order valence-corrected chi connectivity index (χ3v) is 2.34. The highest BCUT2D eigenvalue weighted by atomic mass is 19.4. The molecule has 1 aliphatic rings. The van der Waals surface area contributed by atoms with Crippen molar-refractivity contribution < 1.29 is 13.2 Å². The van der Waals surface area contributed by atoms with Gasteiger partial charge in [-0.05, 0) is 35.5 Å². The van der Waals surface area contributed by atoms with Gasteiger partial charge in [0.05, 0.1) is 5.56 Å². The van der Waals surface area contributed by atoms with Gasteiger partial charge in [0.25, 0.3) is 0 Å².